The van der Waals surface area contributed by atoms with Crippen LogP contribution < -0.4 is 0 Å². The van der Waals surface area contributed by atoms with Crippen LogP contribution in [0.4, 0.5) is 0 Å². The third-order valence-corrected chi connectivity index (χ3v) is 16.6. The van der Waals surface area contributed by atoms with Crippen LogP contribution in [0, 0.1) is 0 Å². The van der Waals surface area contributed by atoms with Crippen molar-refractivity contribution in [2.45, 2.75) is 380 Å². The van der Waals surface area contributed by atoms with Gasteiger partial charge in [0.1, 0.15) is 12.7 Å². The Bertz CT molecular complexity index is 1390. The van der Waals surface area contributed by atoms with Gasteiger partial charge < -0.3 is 24.2 Å². The van der Waals surface area contributed by atoms with Gasteiger partial charge in [0.2, 0.25) is 0 Å². The molecule has 0 rings (SSSR count). The van der Waals surface area contributed by atoms with E-state index in [4.69, 9.17) is 23.3 Å². The summed E-state index contributed by atoms with van der Waals surface area (Å²) in [4.78, 5) is 48.9. The second kappa shape index (κ2) is 63.2. The highest BCUT2D eigenvalue weighted by Crippen LogP contribution is 2.43. The minimum absolute atomic E-state index is 0.173. The van der Waals surface area contributed by atoms with E-state index >= 15 is 0 Å². The predicted molar refractivity (Wildman–Crippen MR) is 335 cm³/mol. The van der Waals surface area contributed by atoms with Crippen molar-refractivity contribution in [2.24, 2.45) is 0 Å². The Morgan fingerprint density at radius 1 is 0.338 bits per heavy atom. The minimum Gasteiger partial charge on any atom is -0.462 e. The second-order valence-electron chi connectivity index (χ2n) is 23.7. The number of carbonyl (C=O) groups excluding carboxylic acids is 3. The molecule has 3 atom stereocenters. The molecule has 3 unspecified atom stereocenters. The molecule has 0 aromatic heterocycles. The van der Waals surface area contributed by atoms with Gasteiger partial charge in [0.25, 0.3) is 0 Å². The van der Waals surface area contributed by atoms with Crippen LogP contribution in [0.3, 0.4) is 0 Å². The van der Waals surface area contributed by atoms with E-state index in [1.54, 1.807) is 0 Å². The van der Waals surface area contributed by atoms with Gasteiger partial charge in [-0.15, -0.1) is 0 Å². The summed E-state index contributed by atoms with van der Waals surface area (Å²) in [6.45, 7) is 4.75. The van der Waals surface area contributed by atoms with Crippen molar-refractivity contribution in [1.82, 2.24) is 0 Å². The standard InChI is InChI=1S/C68H131O11P/c1-4-7-10-13-16-19-22-25-28-31-32-35-38-41-44-47-50-53-56-59-68(72)79-65(61-75-66(70)57-54-51-48-45-42-39-36-33-29-26-23-20-17-14-11-8-5-2)63-77-80(73,74)76-62-64(60-69)78-67(71)58-55-52-49-46-43-40-37-34-30-27-24-21-18-15-12-9-6-3/h25,28,64-65,69H,4-24,26-27,29-63H2,1-3H3,(H,73,74)/b28-25-. The fraction of sp³-hybridized carbons (Fsp3) is 0.926. The summed E-state index contributed by atoms with van der Waals surface area (Å²) in [6.07, 6.45) is 65.9. The van der Waals surface area contributed by atoms with Gasteiger partial charge in [-0.3, -0.25) is 23.4 Å². The third kappa shape index (κ3) is 60.8. The molecule has 2 N–H and O–H groups in total. The number of carbonyl (C=O) groups is 3. The highest BCUT2D eigenvalue weighted by molar-refractivity contribution is 7.47. The van der Waals surface area contributed by atoms with E-state index in [1.165, 1.54) is 250 Å². The van der Waals surface area contributed by atoms with Crippen LogP contribution in [0.2, 0.25) is 0 Å². The Morgan fingerprint density at radius 2 is 0.575 bits per heavy atom. The number of allylic oxidation sites excluding steroid dienone is 2. The molecule has 0 aliphatic heterocycles. The first-order chi connectivity index (χ1) is 39.2. The Morgan fingerprint density at radius 3 is 0.863 bits per heavy atom. The Kier molecular flexibility index (Phi) is 61.8. The average molecular weight is 1160 g/mol. The third-order valence-electron chi connectivity index (χ3n) is 15.7. The maximum Gasteiger partial charge on any atom is 0.472 e. The number of aliphatic hydroxyl groups excluding tert-OH is 1. The highest BCUT2D eigenvalue weighted by Gasteiger charge is 2.28. The van der Waals surface area contributed by atoms with E-state index in [-0.39, 0.29) is 25.9 Å². The first kappa shape index (κ1) is 78.2. The van der Waals surface area contributed by atoms with Crippen LogP contribution in [0.15, 0.2) is 12.2 Å². The quantitative estimate of drug-likeness (QED) is 0.0197. The van der Waals surface area contributed by atoms with Crippen molar-refractivity contribution in [3.63, 3.8) is 0 Å². The molecule has 0 aliphatic rings. The van der Waals surface area contributed by atoms with Gasteiger partial charge in [-0.1, -0.05) is 315 Å². The molecule has 80 heavy (non-hydrogen) atoms. The zero-order chi connectivity index (χ0) is 58.3. The molecule has 0 fully saturated rings. The normalized spacial score (nSPS) is 13.2. The highest BCUT2D eigenvalue weighted by atomic mass is 31.2. The number of phosphoric ester groups is 1. The molecule has 0 saturated heterocycles. The number of phosphoric acid groups is 1. The molecular formula is C68H131O11P. The van der Waals surface area contributed by atoms with Crippen molar-refractivity contribution >= 4 is 25.7 Å². The lowest BCUT2D eigenvalue weighted by Gasteiger charge is -2.21. The minimum atomic E-state index is -4.75. The molecular weight excluding hydrogens is 1020 g/mol. The topological polar surface area (TPSA) is 155 Å². The number of hydrogen-bond acceptors (Lipinski definition) is 10. The molecule has 474 valence electrons. The van der Waals surface area contributed by atoms with Crippen LogP contribution >= 0.6 is 7.82 Å². The van der Waals surface area contributed by atoms with Crippen LogP contribution in [0.5, 0.6) is 0 Å². The van der Waals surface area contributed by atoms with Crippen LogP contribution in [-0.4, -0.2) is 66.5 Å². The van der Waals surface area contributed by atoms with Crippen LogP contribution in [0.1, 0.15) is 367 Å². The molecule has 0 saturated carbocycles. The first-order valence-corrected chi connectivity index (χ1v) is 36.1. The van der Waals surface area contributed by atoms with Gasteiger partial charge in [0, 0.05) is 19.3 Å². The number of esters is 3. The van der Waals surface area contributed by atoms with Gasteiger partial charge in [-0.2, -0.15) is 0 Å². The van der Waals surface area contributed by atoms with E-state index in [1.807, 2.05) is 0 Å². The van der Waals surface area contributed by atoms with E-state index in [2.05, 4.69) is 32.9 Å². The first-order valence-electron chi connectivity index (χ1n) is 34.6. The lowest BCUT2D eigenvalue weighted by molar-refractivity contribution is -0.161. The smallest absolute Gasteiger partial charge is 0.462 e. The molecule has 0 heterocycles. The summed E-state index contributed by atoms with van der Waals surface area (Å²) in [5.74, 6) is -1.42. The molecule has 0 aromatic rings. The molecule has 0 radical (unpaired) electrons. The maximum atomic E-state index is 13.0. The summed E-state index contributed by atoms with van der Waals surface area (Å²) in [5.41, 5.74) is 0. The Labute approximate surface area is 494 Å². The molecule has 12 heteroatoms. The van der Waals surface area contributed by atoms with Crippen LogP contribution in [0.25, 0.3) is 0 Å². The number of unbranched alkanes of at least 4 members (excludes halogenated alkanes) is 47. The monoisotopic (exact) mass is 1150 g/mol. The molecule has 0 aromatic carbocycles. The summed E-state index contributed by atoms with van der Waals surface area (Å²) >= 11 is 0. The summed E-state index contributed by atoms with van der Waals surface area (Å²) in [7, 11) is -4.75. The summed E-state index contributed by atoms with van der Waals surface area (Å²) in [6, 6.07) is 0. The van der Waals surface area contributed by atoms with E-state index in [0.717, 1.165) is 57.8 Å². The fourth-order valence-electron chi connectivity index (χ4n) is 10.4. The lowest BCUT2D eigenvalue weighted by atomic mass is 10.0. The van der Waals surface area contributed by atoms with Crippen molar-refractivity contribution in [1.29, 1.82) is 0 Å². The molecule has 0 bridgehead atoms. The fourth-order valence-corrected chi connectivity index (χ4v) is 11.2. The predicted octanol–water partition coefficient (Wildman–Crippen LogP) is 21.2. The molecule has 0 spiro atoms. The van der Waals surface area contributed by atoms with Crippen molar-refractivity contribution in [2.75, 3.05) is 26.4 Å². The number of rotatable bonds is 66. The summed E-state index contributed by atoms with van der Waals surface area (Å²) < 4.78 is 39.8. The lowest BCUT2D eigenvalue weighted by Crippen LogP contribution is -2.30. The number of aliphatic hydroxyl groups is 1. The van der Waals surface area contributed by atoms with E-state index in [0.29, 0.717) is 19.3 Å². The van der Waals surface area contributed by atoms with Gasteiger partial charge in [-0.25, -0.2) is 4.57 Å². The van der Waals surface area contributed by atoms with Crippen molar-refractivity contribution < 1.29 is 52.2 Å². The maximum absolute atomic E-state index is 13.0. The Hall–Kier alpha value is -1.78. The van der Waals surface area contributed by atoms with E-state index in [9.17, 15) is 28.9 Å². The van der Waals surface area contributed by atoms with Crippen molar-refractivity contribution in [3.8, 4) is 0 Å². The second-order valence-corrected chi connectivity index (χ2v) is 25.2. The SMILES string of the molecule is CCCCCCCC/C=C\CCCCCCCCCCCC(=O)OC(COC(=O)CCCCCCCCCCCCCCCCCCC)COP(=O)(O)OCC(CO)OC(=O)CCCCCCCCCCCCCCCCCCC. The van der Waals surface area contributed by atoms with Gasteiger partial charge in [-0.05, 0) is 44.9 Å². The van der Waals surface area contributed by atoms with Gasteiger partial charge >= 0.3 is 25.7 Å². The zero-order valence-corrected chi connectivity index (χ0v) is 53.7. The van der Waals surface area contributed by atoms with Gasteiger partial charge in [0.05, 0.1) is 19.8 Å². The number of ether oxygens (including phenoxy) is 3. The average Bonchev–Trinajstić information content (AvgIpc) is 3.45. The molecule has 0 aliphatic carbocycles. The van der Waals surface area contributed by atoms with Gasteiger partial charge in [0.15, 0.2) is 6.10 Å². The Balaban J connectivity index is 4.62. The van der Waals surface area contributed by atoms with E-state index < -0.39 is 57.8 Å². The van der Waals surface area contributed by atoms with Crippen LogP contribution in [-0.2, 0) is 42.2 Å². The summed E-state index contributed by atoms with van der Waals surface area (Å²) in [5, 5.41) is 9.87. The molecule has 11 nitrogen and oxygen atoms in total. The zero-order valence-electron chi connectivity index (χ0n) is 52.8. The molecule has 0 amide bonds. The largest absolute Gasteiger partial charge is 0.472 e. The van der Waals surface area contributed by atoms with Crippen molar-refractivity contribution in [3.05, 3.63) is 12.2 Å². The number of hydrogen-bond donors (Lipinski definition) is 2.